The van der Waals surface area contributed by atoms with Crippen molar-refractivity contribution in [2.45, 2.75) is 31.4 Å². The van der Waals surface area contributed by atoms with Gasteiger partial charge in [-0.05, 0) is 56.7 Å². The normalized spacial score (nSPS) is 10.7. The first-order chi connectivity index (χ1) is 12.0. The van der Waals surface area contributed by atoms with Crippen LogP contribution < -0.4 is 5.32 Å². The summed E-state index contributed by atoms with van der Waals surface area (Å²) in [4.78, 5) is 17.7. The predicted octanol–water partition coefficient (Wildman–Crippen LogP) is 5.14. The van der Waals surface area contributed by atoms with Crippen LogP contribution in [0.2, 0.25) is 0 Å². The molecule has 5 heteroatoms. The Morgan fingerprint density at radius 3 is 2.48 bits per heavy atom. The molecule has 1 amide bonds. The summed E-state index contributed by atoms with van der Waals surface area (Å²) < 4.78 is 5.53. The van der Waals surface area contributed by atoms with Crippen molar-refractivity contribution >= 4 is 23.4 Å². The molecule has 0 atom stereocenters. The van der Waals surface area contributed by atoms with Gasteiger partial charge < -0.3 is 9.73 Å². The number of benzene rings is 1. The van der Waals surface area contributed by atoms with Crippen LogP contribution in [0.5, 0.6) is 0 Å². The van der Waals surface area contributed by atoms with Crippen LogP contribution in [0, 0.1) is 20.8 Å². The number of rotatable bonds is 5. The van der Waals surface area contributed by atoms with E-state index < -0.39 is 0 Å². The lowest BCUT2D eigenvalue weighted by molar-refractivity contribution is 0.102. The van der Waals surface area contributed by atoms with Crippen LogP contribution in [0.1, 0.15) is 33.0 Å². The van der Waals surface area contributed by atoms with Crippen LogP contribution in [0.4, 0.5) is 5.69 Å². The molecule has 0 radical (unpaired) electrons. The summed E-state index contributed by atoms with van der Waals surface area (Å²) in [5, 5.41) is 2.94. The Labute approximate surface area is 151 Å². The van der Waals surface area contributed by atoms with Crippen molar-refractivity contribution in [3.63, 3.8) is 0 Å². The van der Waals surface area contributed by atoms with Gasteiger partial charge in [0.25, 0.3) is 5.91 Å². The predicted molar refractivity (Wildman–Crippen MR) is 101 cm³/mol. The molecule has 1 aromatic carbocycles. The number of hydrogen-bond acceptors (Lipinski definition) is 4. The van der Waals surface area contributed by atoms with E-state index in [0.29, 0.717) is 11.3 Å². The highest BCUT2D eigenvalue weighted by atomic mass is 32.2. The molecular weight excluding hydrogens is 332 g/mol. The smallest absolute Gasteiger partial charge is 0.259 e. The van der Waals surface area contributed by atoms with Crippen molar-refractivity contribution in [3.8, 4) is 0 Å². The number of pyridine rings is 1. The van der Waals surface area contributed by atoms with Gasteiger partial charge in [-0.3, -0.25) is 9.78 Å². The summed E-state index contributed by atoms with van der Waals surface area (Å²) in [6, 6.07) is 11.9. The first-order valence-corrected chi connectivity index (χ1v) is 9.03. The third kappa shape index (κ3) is 4.12. The van der Waals surface area contributed by atoms with E-state index in [1.165, 1.54) is 5.56 Å². The molecule has 2 heterocycles. The summed E-state index contributed by atoms with van der Waals surface area (Å²) in [5.74, 6) is 2.16. The van der Waals surface area contributed by atoms with Gasteiger partial charge in [-0.25, -0.2) is 0 Å². The highest BCUT2D eigenvalue weighted by molar-refractivity contribution is 7.98. The van der Waals surface area contributed by atoms with Crippen LogP contribution in [0.15, 0.2) is 58.1 Å². The van der Waals surface area contributed by atoms with Gasteiger partial charge in [0.15, 0.2) is 0 Å². The van der Waals surface area contributed by atoms with Crippen LogP contribution >= 0.6 is 11.8 Å². The second-order valence-corrected chi connectivity index (χ2v) is 6.89. The Morgan fingerprint density at radius 2 is 1.88 bits per heavy atom. The molecule has 0 spiro atoms. The number of thioether (sulfide) groups is 1. The SMILES string of the molecule is Cc1oc(C)c(C(=O)Nc2ccc(SCc3cccnc3)cc2)c1C. The molecule has 0 bridgehead atoms. The quantitative estimate of drug-likeness (QED) is 0.646. The highest BCUT2D eigenvalue weighted by Crippen LogP contribution is 2.25. The molecule has 0 unspecified atom stereocenters. The number of carbonyl (C=O) groups excluding carboxylic acids is 1. The van der Waals surface area contributed by atoms with Crippen molar-refractivity contribution in [2.75, 3.05) is 5.32 Å². The number of furan rings is 1. The van der Waals surface area contributed by atoms with E-state index in [-0.39, 0.29) is 5.91 Å². The molecule has 0 saturated heterocycles. The largest absolute Gasteiger partial charge is 0.466 e. The highest BCUT2D eigenvalue weighted by Gasteiger charge is 2.18. The molecule has 0 saturated carbocycles. The molecule has 1 N–H and O–H groups in total. The van der Waals surface area contributed by atoms with E-state index >= 15 is 0 Å². The van der Waals surface area contributed by atoms with E-state index in [1.54, 1.807) is 18.0 Å². The number of amides is 1. The summed E-state index contributed by atoms with van der Waals surface area (Å²) in [6.45, 7) is 5.58. The fraction of sp³-hybridized carbons (Fsp3) is 0.200. The van der Waals surface area contributed by atoms with Crippen LogP contribution in [0.3, 0.4) is 0 Å². The van der Waals surface area contributed by atoms with E-state index in [1.807, 2.05) is 57.3 Å². The molecule has 2 aromatic heterocycles. The third-order valence-corrected chi connectivity index (χ3v) is 5.11. The van der Waals surface area contributed by atoms with Crippen molar-refractivity contribution in [2.24, 2.45) is 0 Å². The maximum atomic E-state index is 12.5. The third-order valence-electron chi connectivity index (χ3n) is 4.03. The fourth-order valence-electron chi connectivity index (χ4n) is 2.61. The topological polar surface area (TPSA) is 55.1 Å². The van der Waals surface area contributed by atoms with Gasteiger partial charge in [-0.1, -0.05) is 6.07 Å². The standard InChI is InChI=1S/C20H20N2O2S/c1-13-14(2)24-15(3)19(13)20(23)22-17-6-8-18(9-7-17)25-12-16-5-4-10-21-11-16/h4-11H,12H2,1-3H3,(H,22,23). The minimum Gasteiger partial charge on any atom is -0.466 e. The maximum Gasteiger partial charge on any atom is 0.259 e. The number of aromatic nitrogens is 1. The maximum absolute atomic E-state index is 12.5. The second-order valence-electron chi connectivity index (χ2n) is 5.84. The summed E-state index contributed by atoms with van der Waals surface area (Å²) >= 11 is 1.74. The first-order valence-electron chi connectivity index (χ1n) is 8.04. The molecule has 25 heavy (non-hydrogen) atoms. The Hall–Kier alpha value is -2.53. The number of hydrogen-bond donors (Lipinski definition) is 1. The van der Waals surface area contributed by atoms with Gasteiger partial charge in [0.1, 0.15) is 11.5 Å². The van der Waals surface area contributed by atoms with Gasteiger partial charge in [-0.15, -0.1) is 11.8 Å². The van der Waals surface area contributed by atoms with Gasteiger partial charge in [-0.2, -0.15) is 0 Å². The lowest BCUT2D eigenvalue weighted by Crippen LogP contribution is -2.13. The van der Waals surface area contributed by atoms with E-state index in [4.69, 9.17) is 4.42 Å². The number of aryl methyl sites for hydroxylation is 2. The zero-order valence-electron chi connectivity index (χ0n) is 14.5. The van der Waals surface area contributed by atoms with E-state index in [0.717, 1.165) is 27.7 Å². The molecule has 0 aliphatic heterocycles. The molecule has 4 nitrogen and oxygen atoms in total. The van der Waals surface area contributed by atoms with Gasteiger partial charge in [0.2, 0.25) is 0 Å². The summed E-state index contributed by atoms with van der Waals surface area (Å²) in [7, 11) is 0. The molecule has 0 fully saturated rings. The van der Waals surface area contributed by atoms with Crippen LogP contribution in [-0.4, -0.2) is 10.9 Å². The molecule has 3 aromatic rings. The van der Waals surface area contributed by atoms with Gasteiger partial charge in [0, 0.05) is 34.3 Å². The summed E-state index contributed by atoms with van der Waals surface area (Å²) in [6.07, 6.45) is 3.65. The van der Waals surface area contributed by atoms with Crippen molar-refractivity contribution in [3.05, 3.63) is 77.0 Å². The number of anilines is 1. The minimum atomic E-state index is -0.136. The Morgan fingerprint density at radius 1 is 1.12 bits per heavy atom. The fourth-order valence-corrected chi connectivity index (χ4v) is 3.44. The van der Waals surface area contributed by atoms with Crippen molar-refractivity contribution < 1.29 is 9.21 Å². The zero-order valence-corrected chi connectivity index (χ0v) is 15.3. The lowest BCUT2D eigenvalue weighted by atomic mass is 10.1. The lowest BCUT2D eigenvalue weighted by Gasteiger charge is -2.07. The zero-order chi connectivity index (χ0) is 17.8. The first kappa shape index (κ1) is 17.3. The Bertz CT molecular complexity index is 871. The average Bonchev–Trinajstić information content (AvgIpc) is 2.87. The van der Waals surface area contributed by atoms with Crippen LogP contribution in [0.25, 0.3) is 0 Å². The molecule has 0 aliphatic rings. The molecule has 0 aliphatic carbocycles. The van der Waals surface area contributed by atoms with E-state index in [2.05, 4.69) is 16.4 Å². The number of nitrogens with one attached hydrogen (secondary N) is 1. The van der Waals surface area contributed by atoms with Crippen molar-refractivity contribution in [1.82, 2.24) is 4.98 Å². The van der Waals surface area contributed by atoms with E-state index in [9.17, 15) is 4.79 Å². The average molecular weight is 352 g/mol. The second kappa shape index (κ2) is 7.57. The van der Waals surface area contributed by atoms with Gasteiger partial charge >= 0.3 is 0 Å². The van der Waals surface area contributed by atoms with Crippen LogP contribution in [-0.2, 0) is 5.75 Å². The monoisotopic (exact) mass is 352 g/mol. The molecule has 3 rings (SSSR count). The van der Waals surface area contributed by atoms with Crippen molar-refractivity contribution in [1.29, 1.82) is 0 Å². The molecule has 128 valence electrons. The number of nitrogens with zero attached hydrogens (tertiary/aromatic N) is 1. The van der Waals surface area contributed by atoms with Gasteiger partial charge in [0.05, 0.1) is 5.56 Å². The Kier molecular flexibility index (Phi) is 5.24. The summed E-state index contributed by atoms with van der Waals surface area (Å²) in [5.41, 5.74) is 3.46. The Balaban J connectivity index is 1.63. The molecular formula is C20H20N2O2S. The minimum absolute atomic E-state index is 0.136. The number of carbonyl (C=O) groups is 1.